The molecule has 0 atom stereocenters. The Kier molecular flexibility index (Phi) is 7.47. The van der Waals surface area contributed by atoms with E-state index in [1.807, 2.05) is 10.9 Å². The number of hydrogen-bond donors (Lipinski definition) is 1. The first-order valence-electron chi connectivity index (χ1n) is 6.72. The molecular formula is C13H25N3O. The number of ether oxygens (including phenoxy) is 1. The molecule has 0 aliphatic rings. The lowest BCUT2D eigenvalue weighted by molar-refractivity contribution is 0.313. The summed E-state index contributed by atoms with van der Waals surface area (Å²) in [6, 6.07) is 0. The van der Waals surface area contributed by atoms with Crippen LogP contribution in [0.15, 0.2) is 12.4 Å². The SMILES string of the molecule is CCCCCNCCOc1cnn(CCC)c1. The first-order valence-corrected chi connectivity index (χ1v) is 6.72. The van der Waals surface area contributed by atoms with E-state index in [1.54, 1.807) is 6.20 Å². The highest BCUT2D eigenvalue weighted by atomic mass is 16.5. The zero-order valence-corrected chi connectivity index (χ0v) is 11.1. The van der Waals surface area contributed by atoms with Crippen LogP contribution in [0.1, 0.15) is 39.5 Å². The predicted octanol–water partition coefficient (Wildman–Crippen LogP) is 2.45. The Morgan fingerprint density at radius 3 is 2.88 bits per heavy atom. The average Bonchev–Trinajstić information content (AvgIpc) is 2.76. The highest BCUT2D eigenvalue weighted by Gasteiger charge is 1.98. The van der Waals surface area contributed by atoms with Gasteiger partial charge in [-0.25, -0.2) is 0 Å². The van der Waals surface area contributed by atoms with Gasteiger partial charge in [-0.2, -0.15) is 5.10 Å². The molecule has 4 nitrogen and oxygen atoms in total. The fourth-order valence-corrected chi connectivity index (χ4v) is 1.64. The van der Waals surface area contributed by atoms with Crippen LogP contribution >= 0.6 is 0 Å². The summed E-state index contributed by atoms with van der Waals surface area (Å²) in [4.78, 5) is 0. The summed E-state index contributed by atoms with van der Waals surface area (Å²) in [7, 11) is 0. The Morgan fingerprint density at radius 1 is 1.24 bits per heavy atom. The average molecular weight is 239 g/mol. The molecule has 0 aliphatic heterocycles. The third-order valence-electron chi connectivity index (χ3n) is 2.57. The van der Waals surface area contributed by atoms with Crippen LogP contribution < -0.4 is 10.1 Å². The molecule has 98 valence electrons. The molecular weight excluding hydrogens is 214 g/mol. The van der Waals surface area contributed by atoms with E-state index in [0.29, 0.717) is 6.61 Å². The van der Waals surface area contributed by atoms with E-state index in [9.17, 15) is 0 Å². The largest absolute Gasteiger partial charge is 0.489 e. The van der Waals surface area contributed by atoms with Crippen molar-refractivity contribution in [2.75, 3.05) is 19.7 Å². The van der Waals surface area contributed by atoms with Crippen LogP contribution in [-0.2, 0) is 6.54 Å². The number of rotatable bonds is 10. The molecule has 0 saturated heterocycles. The van der Waals surface area contributed by atoms with Crippen molar-refractivity contribution in [3.8, 4) is 5.75 Å². The molecule has 0 unspecified atom stereocenters. The number of unbranched alkanes of at least 4 members (excludes halogenated alkanes) is 2. The van der Waals surface area contributed by atoms with Crippen molar-refractivity contribution in [2.24, 2.45) is 0 Å². The second-order valence-electron chi connectivity index (χ2n) is 4.24. The van der Waals surface area contributed by atoms with Gasteiger partial charge >= 0.3 is 0 Å². The van der Waals surface area contributed by atoms with Gasteiger partial charge in [0.2, 0.25) is 0 Å². The van der Waals surface area contributed by atoms with E-state index in [2.05, 4.69) is 24.3 Å². The van der Waals surface area contributed by atoms with Gasteiger partial charge in [-0.3, -0.25) is 4.68 Å². The van der Waals surface area contributed by atoms with Crippen molar-refractivity contribution >= 4 is 0 Å². The van der Waals surface area contributed by atoms with Crippen LogP contribution in [0.3, 0.4) is 0 Å². The maximum absolute atomic E-state index is 5.59. The van der Waals surface area contributed by atoms with Gasteiger partial charge < -0.3 is 10.1 Å². The molecule has 0 aromatic carbocycles. The van der Waals surface area contributed by atoms with Crippen molar-refractivity contribution in [1.29, 1.82) is 0 Å². The molecule has 0 fully saturated rings. The Morgan fingerprint density at radius 2 is 2.12 bits per heavy atom. The molecule has 1 rings (SSSR count). The van der Waals surface area contributed by atoms with Gasteiger partial charge in [-0.1, -0.05) is 26.7 Å². The van der Waals surface area contributed by atoms with Gasteiger partial charge in [0, 0.05) is 13.1 Å². The molecule has 0 radical (unpaired) electrons. The zero-order valence-electron chi connectivity index (χ0n) is 11.1. The summed E-state index contributed by atoms with van der Waals surface area (Å²) in [5.74, 6) is 0.869. The maximum Gasteiger partial charge on any atom is 0.157 e. The van der Waals surface area contributed by atoms with Gasteiger partial charge in [0.05, 0.1) is 12.4 Å². The highest BCUT2D eigenvalue weighted by Crippen LogP contribution is 2.07. The Balaban J connectivity index is 2.01. The monoisotopic (exact) mass is 239 g/mol. The number of aryl methyl sites for hydroxylation is 1. The second kappa shape index (κ2) is 9.05. The first-order chi connectivity index (χ1) is 8.36. The molecule has 0 saturated carbocycles. The van der Waals surface area contributed by atoms with E-state index < -0.39 is 0 Å². The van der Waals surface area contributed by atoms with Crippen LogP contribution in [0.25, 0.3) is 0 Å². The van der Waals surface area contributed by atoms with Gasteiger partial charge in [0.25, 0.3) is 0 Å². The summed E-state index contributed by atoms with van der Waals surface area (Å²) in [6.45, 7) is 8.02. The maximum atomic E-state index is 5.59. The van der Waals surface area contributed by atoms with Crippen LogP contribution in [0.5, 0.6) is 5.75 Å². The lowest BCUT2D eigenvalue weighted by Gasteiger charge is -2.05. The summed E-state index contributed by atoms with van der Waals surface area (Å²) >= 11 is 0. The molecule has 1 heterocycles. The second-order valence-corrected chi connectivity index (χ2v) is 4.24. The summed E-state index contributed by atoms with van der Waals surface area (Å²) in [5.41, 5.74) is 0. The number of aromatic nitrogens is 2. The van der Waals surface area contributed by atoms with E-state index >= 15 is 0 Å². The number of hydrogen-bond acceptors (Lipinski definition) is 3. The molecule has 0 spiro atoms. The number of nitrogens with zero attached hydrogens (tertiary/aromatic N) is 2. The highest BCUT2D eigenvalue weighted by molar-refractivity contribution is 5.11. The van der Waals surface area contributed by atoms with Crippen molar-refractivity contribution in [3.05, 3.63) is 12.4 Å². The minimum absolute atomic E-state index is 0.712. The molecule has 0 bridgehead atoms. The predicted molar refractivity (Wildman–Crippen MR) is 70.4 cm³/mol. The van der Waals surface area contributed by atoms with Gasteiger partial charge in [0.1, 0.15) is 6.61 Å². The van der Waals surface area contributed by atoms with E-state index in [1.165, 1.54) is 19.3 Å². The third-order valence-corrected chi connectivity index (χ3v) is 2.57. The van der Waals surface area contributed by atoms with Crippen LogP contribution in [0.2, 0.25) is 0 Å². The summed E-state index contributed by atoms with van der Waals surface area (Å²) in [5, 5.41) is 7.59. The van der Waals surface area contributed by atoms with Crippen molar-refractivity contribution in [3.63, 3.8) is 0 Å². The standard InChI is InChI=1S/C13H25N3O/c1-3-5-6-7-14-8-10-17-13-11-15-16(12-13)9-4-2/h11-12,14H,3-10H2,1-2H3. The Hall–Kier alpha value is -1.03. The smallest absolute Gasteiger partial charge is 0.157 e. The molecule has 1 aromatic rings. The quantitative estimate of drug-likeness (QED) is 0.637. The Bertz CT molecular complexity index is 286. The minimum atomic E-state index is 0.712. The topological polar surface area (TPSA) is 39.1 Å². The van der Waals surface area contributed by atoms with Crippen molar-refractivity contribution in [2.45, 2.75) is 46.1 Å². The van der Waals surface area contributed by atoms with Gasteiger partial charge in [0.15, 0.2) is 5.75 Å². The van der Waals surface area contributed by atoms with Crippen molar-refractivity contribution in [1.82, 2.24) is 15.1 Å². The van der Waals surface area contributed by atoms with E-state index in [0.717, 1.165) is 31.8 Å². The fourth-order valence-electron chi connectivity index (χ4n) is 1.64. The van der Waals surface area contributed by atoms with E-state index in [4.69, 9.17) is 4.74 Å². The summed E-state index contributed by atoms with van der Waals surface area (Å²) in [6.07, 6.45) is 8.67. The summed E-state index contributed by atoms with van der Waals surface area (Å²) < 4.78 is 7.51. The molecule has 4 heteroatoms. The van der Waals surface area contributed by atoms with Crippen LogP contribution in [0, 0.1) is 0 Å². The van der Waals surface area contributed by atoms with E-state index in [-0.39, 0.29) is 0 Å². The molecule has 0 aliphatic carbocycles. The minimum Gasteiger partial charge on any atom is -0.489 e. The van der Waals surface area contributed by atoms with Gasteiger partial charge in [-0.15, -0.1) is 0 Å². The molecule has 1 aromatic heterocycles. The van der Waals surface area contributed by atoms with Crippen molar-refractivity contribution < 1.29 is 4.74 Å². The normalized spacial score (nSPS) is 10.7. The molecule has 17 heavy (non-hydrogen) atoms. The van der Waals surface area contributed by atoms with Crippen LogP contribution in [0.4, 0.5) is 0 Å². The lowest BCUT2D eigenvalue weighted by atomic mass is 10.2. The zero-order chi connectivity index (χ0) is 12.3. The lowest BCUT2D eigenvalue weighted by Crippen LogP contribution is -2.21. The fraction of sp³-hybridized carbons (Fsp3) is 0.769. The Labute approximate surface area is 104 Å². The molecule has 0 amide bonds. The molecule has 1 N–H and O–H groups in total. The third kappa shape index (κ3) is 6.31. The number of nitrogens with one attached hydrogen (secondary N) is 1. The van der Waals surface area contributed by atoms with Gasteiger partial charge in [-0.05, 0) is 19.4 Å². The van der Waals surface area contributed by atoms with Crippen LogP contribution in [-0.4, -0.2) is 29.5 Å². The first kappa shape index (κ1) is 14.0.